The zero-order chi connectivity index (χ0) is 12.1. The number of rotatable bonds is 5. The predicted molar refractivity (Wildman–Crippen MR) is 61.6 cm³/mol. The molecule has 3 nitrogen and oxygen atoms in total. The van der Waals surface area contributed by atoms with Crippen molar-refractivity contribution in [3.05, 3.63) is 23.5 Å². The first kappa shape index (κ1) is 12.8. The topological polar surface area (TPSA) is 44.5 Å². The van der Waals surface area contributed by atoms with Crippen molar-refractivity contribution >= 4 is 0 Å². The lowest BCUT2D eigenvalue weighted by Gasteiger charge is -2.17. The van der Waals surface area contributed by atoms with Gasteiger partial charge in [0, 0.05) is 5.56 Å². The molecule has 0 saturated carbocycles. The highest BCUT2D eigenvalue weighted by Crippen LogP contribution is 2.38. The van der Waals surface area contributed by atoms with Crippen LogP contribution in [0.2, 0.25) is 0 Å². The molecular formula is C12H18FNO2. The standard InChI is InChI=1S/C12H18FNO2/c1-8(6-7-14)9-4-5-10(13)12(16-3)11(9)15-2/h4-5,8H,6-7,14H2,1-3H3. The van der Waals surface area contributed by atoms with Gasteiger partial charge in [0.2, 0.25) is 0 Å². The smallest absolute Gasteiger partial charge is 0.197 e. The summed E-state index contributed by atoms with van der Waals surface area (Å²) in [5.74, 6) is 0.421. The molecule has 1 unspecified atom stereocenters. The van der Waals surface area contributed by atoms with Gasteiger partial charge >= 0.3 is 0 Å². The lowest BCUT2D eigenvalue weighted by molar-refractivity contribution is 0.332. The maximum Gasteiger partial charge on any atom is 0.197 e. The first-order valence-corrected chi connectivity index (χ1v) is 5.26. The van der Waals surface area contributed by atoms with Crippen molar-refractivity contribution in [1.82, 2.24) is 0 Å². The van der Waals surface area contributed by atoms with E-state index < -0.39 is 5.82 Å². The van der Waals surface area contributed by atoms with Crippen LogP contribution in [0.5, 0.6) is 11.5 Å². The number of hydrogen-bond acceptors (Lipinski definition) is 3. The fourth-order valence-corrected chi connectivity index (χ4v) is 1.75. The van der Waals surface area contributed by atoms with Crippen LogP contribution in [0.25, 0.3) is 0 Å². The quantitative estimate of drug-likeness (QED) is 0.839. The first-order valence-electron chi connectivity index (χ1n) is 5.26. The normalized spacial score (nSPS) is 12.3. The Morgan fingerprint density at radius 1 is 1.25 bits per heavy atom. The van der Waals surface area contributed by atoms with E-state index in [2.05, 4.69) is 0 Å². The second-order valence-corrected chi connectivity index (χ2v) is 3.68. The summed E-state index contributed by atoms with van der Waals surface area (Å²) in [5, 5.41) is 0. The SMILES string of the molecule is COc1c(F)ccc(C(C)CCN)c1OC. The average Bonchev–Trinajstić information content (AvgIpc) is 2.28. The van der Waals surface area contributed by atoms with Crippen LogP contribution in [-0.2, 0) is 0 Å². The third kappa shape index (κ3) is 2.44. The predicted octanol–water partition coefficient (Wildman–Crippen LogP) is 2.30. The number of nitrogens with two attached hydrogens (primary N) is 1. The number of hydrogen-bond donors (Lipinski definition) is 1. The average molecular weight is 227 g/mol. The van der Waals surface area contributed by atoms with E-state index in [4.69, 9.17) is 15.2 Å². The van der Waals surface area contributed by atoms with Crippen LogP contribution in [0.15, 0.2) is 12.1 Å². The molecule has 0 aliphatic heterocycles. The summed E-state index contributed by atoms with van der Waals surface area (Å²) in [6.07, 6.45) is 0.825. The Morgan fingerprint density at radius 2 is 1.88 bits per heavy atom. The first-order chi connectivity index (χ1) is 7.65. The van der Waals surface area contributed by atoms with Gasteiger partial charge in [-0.25, -0.2) is 4.39 Å². The number of halogens is 1. The summed E-state index contributed by atoms with van der Waals surface area (Å²) in [7, 11) is 2.94. The molecule has 0 bridgehead atoms. The molecule has 0 amide bonds. The van der Waals surface area contributed by atoms with Crippen molar-refractivity contribution in [3.63, 3.8) is 0 Å². The zero-order valence-corrected chi connectivity index (χ0v) is 9.92. The molecule has 0 saturated heterocycles. The molecular weight excluding hydrogens is 209 g/mol. The fraction of sp³-hybridized carbons (Fsp3) is 0.500. The van der Waals surface area contributed by atoms with E-state index in [1.54, 1.807) is 6.07 Å². The summed E-state index contributed by atoms with van der Waals surface area (Å²) < 4.78 is 23.7. The van der Waals surface area contributed by atoms with Crippen molar-refractivity contribution in [1.29, 1.82) is 0 Å². The summed E-state index contributed by atoms with van der Waals surface area (Å²) in [6, 6.07) is 3.11. The van der Waals surface area contributed by atoms with E-state index in [1.807, 2.05) is 6.92 Å². The van der Waals surface area contributed by atoms with Crippen molar-refractivity contribution in [2.45, 2.75) is 19.3 Å². The maximum absolute atomic E-state index is 13.4. The fourth-order valence-electron chi connectivity index (χ4n) is 1.75. The minimum absolute atomic E-state index is 0.156. The van der Waals surface area contributed by atoms with Gasteiger partial charge < -0.3 is 15.2 Å². The van der Waals surface area contributed by atoms with Crippen LogP contribution in [0, 0.1) is 5.82 Å². The van der Waals surface area contributed by atoms with Crippen molar-refractivity contribution in [3.8, 4) is 11.5 Å². The summed E-state index contributed by atoms with van der Waals surface area (Å²) in [5.41, 5.74) is 6.44. The highest BCUT2D eigenvalue weighted by molar-refractivity contribution is 5.49. The van der Waals surface area contributed by atoms with Crippen molar-refractivity contribution in [2.24, 2.45) is 5.73 Å². The molecule has 1 atom stereocenters. The third-order valence-corrected chi connectivity index (χ3v) is 2.63. The van der Waals surface area contributed by atoms with Crippen LogP contribution in [0.1, 0.15) is 24.8 Å². The second kappa shape index (κ2) is 5.70. The molecule has 0 fully saturated rings. The van der Waals surface area contributed by atoms with Gasteiger partial charge in [0.1, 0.15) is 0 Å². The largest absolute Gasteiger partial charge is 0.492 e. The van der Waals surface area contributed by atoms with Crippen LogP contribution < -0.4 is 15.2 Å². The molecule has 1 aromatic rings. The van der Waals surface area contributed by atoms with Crippen molar-refractivity contribution < 1.29 is 13.9 Å². The zero-order valence-electron chi connectivity index (χ0n) is 9.92. The second-order valence-electron chi connectivity index (χ2n) is 3.68. The van der Waals surface area contributed by atoms with Crippen LogP contribution >= 0.6 is 0 Å². The Labute approximate surface area is 95.4 Å². The Bertz CT molecular complexity index is 355. The molecule has 0 aromatic heterocycles. The summed E-state index contributed by atoms with van der Waals surface area (Å²) >= 11 is 0. The van der Waals surface area contributed by atoms with E-state index in [9.17, 15) is 4.39 Å². The Kier molecular flexibility index (Phi) is 4.55. The lowest BCUT2D eigenvalue weighted by atomic mass is 9.96. The molecule has 0 aliphatic carbocycles. The van der Waals surface area contributed by atoms with Gasteiger partial charge in [-0.05, 0) is 24.9 Å². The lowest BCUT2D eigenvalue weighted by Crippen LogP contribution is -2.07. The maximum atomic E-state index is 13.4. The summed E-state index contributed by atoms with van der Waals surface area (Å²) in [4.78, 5) is 0. The molecule has 0 radical (unpaired) electrons. The van der Waals surface area contributed by atoms with Gasteiger partial charge in [-0.2, -0.15) is 0 Å². The molecule has 4 heteroatoms. The van der Waals surface area contributed by atoms with Gasteiger partial charge in [-0.3, -0.25) is 0 Å². The van der Waals surface area contributed by atoms with Gasteiger partial charge in [0.25, 0.3) is 0 Å². The van der Waals surface area contributed by atoms with Gasteiger partial charge in [0.05, 0.1) is 14.2 Å². The van der Waals surface area contributed by atoms with Gasteiger partial charge in [0.15, 0.2) is 17.3 Å². The number of ether oxygens (including phenoxy) is 2. The van der Waals surface area contributed by atoms with Gasteiger partial charge in [-0.1, -0.05) is 13.0 Å². The monoisotopic (exact) mass is 227 g/mol. The van der Waals surface area contributed by atoms with Crippen LogP contribution in [-0.4, -0.2) is 20.8 Å². The number of methoxy groups -OCH3 is 2. The molecule has 0 heterocycles. The summed E-state index contributed by atoms with van der Waals surface area (Å²) in [6.45, 7) is 2.62. The van der Waals surface area contributed by atoms with Crippen LogP contribution in [0.3, 0.4) is 0 Å². The Balaban J connectivity index is 3.18. The van der Waals surface area contributed by atoms with Crippen molar-refractivity contribution in [2.75, 3.05) is 20.8 Å². The molecule has 0 aliphatic rings. The van der Waals surface area contributed by atoms with Gasteiger partial charge in [-0.15, -0.1) is 0 Å². The minimum atomic E-state index is -0.414. The molecule has 1 rings (SSSR count). The highest BCUT2D eigenvalue weighted by atomic mass is 19.1. The van der Waals surface area contributed by atoms with E-state index in [0.717, 1.165) is 12.0 Å². The Hall–Kier alpha value is -1.29. The third-order valence-electron chi connectivity index (χ3n) is 2.63. The van der Waals surface area contributed by atoms with E-state index in [1.165, 1.54) is 20.3 Å². The molecule has 2 N–H and O–H groups in total. The van der Waals surface area contributed by atoms with E-state index in [-0.39, 0.29) is 11.7 Å². The van der Waals surface area contributed by atoms with Crippen LogP contribution in [0.4, 0.5) is 4.39 Å². The Morgan fingerprint density at radius 3 is 2.38 bits per heavy atom. The minimum Gasteiger partial charge on any atom is -0.492 e. The highest BCUT2D eigenvalue weighted by Gasteiger charge is 2.18. The van der Waals surface area contributed by atoms with E-state index in [0.29, 0.717) is 12.3 Å². The number of benzene rings is 1. The molecule has 1 aromatic carbocycles. The molecule has 0 spiro atoms. The molecule has 90 valence electrons. The van der Waals surface area contributed by atoms with E-state index >= 15 is 0 Å². The molecule has 16 heavy (non-hydrogen) atoms.